The second-order valence-electron chi connectivity index (χ2n) is 7.13. The molecular formula is C23H28N4O3. The molecule has 0 atom stereocenters. The number of methoxy groups -OCH3 is 1. The van der Waals surface area contributed by atoms with Gasteiger partial charge < -0.3 is 19.4 Å². The zero-order chi connectivity index (χ0) is 21.5. The van der Waals surface area contributed by atoms with Gasteiger partial charge in [0.15, 0.2) is 0 Å². The molecule has 0 saturated heterocycles. The lowest BCUT2D eigenvalue weighted by Gasteiger charge is -2.17. The van der Waals surface area contributed by atoms with Crippen LogP contribution in [0.25, 0.3) is 11.5 Å². The number of anilines is 2. The van der Waals surface area contributed by atoms with Crippen molar-refractivity contribution in [1.29, 1.82) is 0 Å². The lowest BCUT2D eigenvalue weighted by atomic mass is 10.1. The summed E-state index contributed by atoms with van der Waals surface area (Å²) in [7, 11) is 3.61. The van der Waals surface area contributed by atoms with Gasteiger partial charge in [0.05, 0.1) is 24.2 Å². The first-order valence-corrected chi connectivity index (χ1v) is 10.1. The first-order chi connectivity index (χ1) is 14.5. The summed E-state index contributed by atoms with van der Waals surface area (Å²) in [5.41, 5.74) is 3.20. The van der Waals surface area contributed by atoms with Crippen molar-refractivity contribution in [2.45, 2.75) is 26.7 Å². The third kappa shape index (κ3) is 5.04. The highest BCUT2D eigenvalue weighted by Gasteiger charge is 2.21. The number of oxazole rings is 1. The topological polar surface area (TPSA) is 80.5 Å². The summed E-state index contributed by atoms with van der Waals surface area (Å²) in [6, 6.07) is 11.5. The summed E-state index contributed by atoms with van der Waals surface area (Å²) in [5, 5.41) is 2.87. The minimum Gasteiger partial charge on any atom is -0.431 e. The number of carbonyl (C=O) groups is 1. The number of rotatable bonds is 9. The van der Waals surface area contributed by atoms with Crippen LogP contribution in [0.2, 0.25) is 0 Å². The van der Waals surface area contributed by atoms with Crippen molar-refractivity contribution in [3.05, 3.63) is 59.6 Å². The Bertz CT molecular complexity index is 982. The van der Waals surface area contributed by atoms with Crippen LogP contribution in [0.15, 0.2) is 47.0 Å². The third-order valence-electron chi connectivity index (χ3n) is 4.79. The first kappa shape index (κ1) is 21.5. The molecule has 3 aromatic rings. The highest BCUT2D eigenvalue weighted by molar-refractivity contribution is 6.03. The molecule has 2 aromatic heterocycles. The minimum absolute atomic E-state index is 0.247. The van der Waals surface area contributed by atoms with Crippen molar-refractivity contribution >= 4 is 17.4 Å². The summed E-state index contributed by atoms with van der Waals surface area (Å²) in [4.78, 5) is 23.9. The van der Waals surface area contributed by atoms with E-state index in [1.807, 2.05) is 62.2 Å². The number of nitrogens with one attached hydrogen (secondary N) is 1. The van der Waals surface area contributed by atoms with Crippen LogP contribution in [-0.4, -0.2) is 43.2 Å². The number of nitrogens with zero attached hydrogens (tertiary/aromatic N) is 3. The molecule has 0 unspecified atom stereocenters. The second-order valence-corrected chi connectivity index (χ2v) is 7.13. The van der Waals surface area contributed by atoms with Crippen LogP contribution in [0.1, 0.15) is 35.2 Å². The Morgan fingerprint density at radius 1 is 1.23 bits per heavy atom. The van der Waals surface area contributed by atoms with Gasteiger partial charge >= 0.3 is 0 Å². The highest BCUT2D eigenvalue weighted by atomic mass is 16.5. The molecule has 0 aliphatic rings. The van der Waals surface area contributed by atoms with Gasteiger partial charge in [0.2, 0.25) is 11.7 Å². The Labute approximate surface area is 177 Å². The van der Waals surface area contributed by atoms with Crippen LogP contribution >= 0.6 is 0 Å². The Balaban J connectivity index is 1.78. The number of ether oxygens (including phenoxy) is 1. The smallest absolute Gasteiger partial charge is 0.293 e. The third-order valence-corrected chi connectivity index (χ3v) is 4.79. The van der Waals surface area contributed by atoms with Crippen LogP contribution in [0.3, 0.4) is 0 Å². The molecule has 7 heteroatoms. The van der Waals surface area contributed by atoms with Gasteiger partial charge in [-0.25, -0.2) is 9.97 Å². The monoisotopic (exact) mass is 408 g/mol. The van der Waals surface area contributed by atoms with Crippen molar-refractivity contribution < 1.29 is 13.9 Å². The number of pyridine rings is 1. The molecule has 0 saturated carbocycles. The maximum absolute atomic E-state index is 12.9. The van der Waals surface area contributed by atoms with Crippen LogP contribution in [0, 0.1) is 6.92 Å². The summed E-state index contributed by atoms with van der Waals surface area (Å²) >= 11 is 0. The molecular weight excluding hydrogens is 380 g/mol. The SMILES string of the molecule is CCCc1nc(-c2ccccc2C)oc1C(=O)Nc1ccc(N(C)CCOC)nc1. The van der Waals surface area contributed by atoms with E-state index in [2.05, 4.69) is 15.3 Å². The standard InChI is InChI=1S/C23H28N4O3/c1-5-8-19-21(30-23(26-19)18-10-7-6-9-16(18)2)22(28)25-17-11-12-20(24-15-17)27(3)13-14-29-4/h6-7,9-12,15H,5,8,13-14H2,1-4H3,(H,25,28). The lowest BCUT2D eigenvalue weighted by Crippen LogP contribution is -2.23. The van der Waals surface area contributed by atoms with Crippen molar-refractivity contribution in [3.63, 3.8) is 0 Å². The fraction of sp³-hybridized carbons (Fsp3) is 0.348. The molecule has 0 fully saturated rings. The van der Waals surface area contributed by atoms with Crippen LogP contribution in [0.5, 0.6) is 0 Å². The highest BCUT2D eigenvalue weighted by Crippen LogP contribution is 2.26. The van der Waals surface area contributed by atoms with E-state index in [1.54, 1.807) is 13.3 Å². The average Bonchev–Trinajstić information content (AvgIpc) is 3.17. The predicted octanol–water partition coefficient (Wildman–Crippen LogP) is 4.33. The Kier molecular flexibility index (Phi) is 7.19. The van der Waals surface area contributed by atoms with E-state index in [0.29, 0.717) is 30.3 Å². The molecule has 1 amide bonds. The maximum Gasteiger partial charge on any atom is 0.293 e. The van der Waals surface area contributed by atoms with Gasteiger partial charge in [-0.15, -0.1) is 0 Å². The van der Waals surface area contributed by atoms with E-state index >= 15 is 0 Å². The van der Waals surface area contributed by atoms with Gasteiger partial charge in [-0.2, -0.15) is 0 Å². The van der Waals surface area contributed by atoms with Crippen LogP contribution < -0.4 is 10.2 Å². The van der Waals surface area contributed by atoms with Gasteiger partial charge in [0, 0.05) is 26.3 Å². The molecule has 7 nitrogen and oxygen atoms in total. The number of benzene rings is 1. The summed E-state index contributed by atoms with van der Waals surface area (Å²) in [5.74, 6) is 1.19. The fourth-order valence-electron chi connectivity index (χ4n) is 3.08. The van der Waals surface area contributed by atoms with Crippen molar-refractivity contribution in [2.24, 2.45) is 0 Å². The fourth-order valence-corrected chi connectivity index (χ4v) is 3.08. The van der Waals surface area contributed by atoms with Crippen molar-refractivity contribution in [3.8, 4) is 11.5 Å². The number of hydrogen-bond donors (Lipinski definition) is 1. The van der Waals surface area contributed by atoms with Gasteiger partial charge in [-0.1, -0.05) is 31.5 Å². The molecule has 2 heterocycles. The number of aromatic nitrogens is 2. The summed E-state index contributed by atoms with van der Waals surface area (Å²) in [6.07, 6.45) is 3.17. The summed E-state index contributed by atoms with van der Waals surface area (Å²) < 4.78 is 11.0. The second kappa shape index (κ2) is 10.0. The molecule has 158 valence electrons. The Hall–Kier alpha value is -3.19. The van der Waals surface area contributed by atoms with Crippen LogP contribution in [0.4, 0.5) is 11.5 Å². The molecule has 0 radical (unpaired) electrons. The molecule has 1 aromatic carbocycles. The molecule has 0 bridgehead atoms. The van der Waals surface area contributed by atoms with E-state index in [0.717, 1.165) is 29.9 Å². The lowest BCUT2D eigenvalue weighted by molar-refractivity contribution is 0.0996. The molecule has 0 aliphatic carbocycles. The van der Waals surface area contributed by atoms with Gasteiger partial charge in [0.25, 0.3) is 5.91 Å². The number of likely N-dealkylation sites (N-methyl/N-ethyl adjacent to an activating group) is 1. The largest absolute Gasteiger partial charge is 0.431 e. The van der Waals surface area contributed by atoms with E-state index in [1.165, 1.54) is 0 Å². The van der Waals surface area contributed by atoms with E-state index < -0.39 is 0 Å². The molecule has 30 heavy (non-hydrogen) atoms. The van der Waals surface area contributed by atoms with Gasteiger partial charge in [-0.3, -0.25) is 4.79 Å². The van der Waals surface area contributed by atoms with Gasteiger partial charge in [-0.05, 0) is 37.1 Å². The summed E-state index contributed by atoms with van der Waals surface area (Å²) in [6.45, 7) is 5.39. The number of hydrogen-bond acceptors (Lipinski definition) is 6. The van der Waals surface area contributed by atoms with Crippen molar-refractivity contribution in [1.82, 2.24) is 9.97 Å². The predicted molar refractivity (Wildman–Crippen MR) is 118 cm³/mol. The minimum atomic E-state index is -0.326. The van der Waals surface area contributed by atoms with Gasteiger partial charge in [0.1, 0.15) is 5.82 Å². The van der Waals surface area contributed by atoms with Crippen molar-refractivity contribution in [2.75, 3.05) is 37.5 Å². The number of carbonyl (C=O) groups excluding carboxylic acids is 1. The molecule has 1 N–H and O–H groups in total. The zero-order valence-corrected chi connectivity index (χ0v) is 17.9. The molecule has 0 aliphatic heterocycles. The first-order valence-electron chi connectivity index (χ1n) is 10.1. The quantitative estimate of drug-likeness (QED) is 0.568. The number of amides is 1. The Morgan fingerprint density at radius 3 is 2.70 bits per heavy atom. The normalized spacial score (nSPS) is 10.8. The zero-order valence-electron chi connectivity index (χ0n) is 17.9. The van der Waals surface area contributed by atoms with E-state index in [9.17, 15) is 4.79 Å². The van der Waals surface area contributed by atoms with Crippen LogP contribution in [-0.2, 0) is 11.2 Å². The van der Waals surface area contributed by atoms with E-state index in [4.69, 9.17) is 9.15 Å². The number of aryl methyl sites for hydroxylation is 2. The Morgan fingerprint density at radius 2 is 2.03 bits per heavy atom. The van der Waals surface area contributed by atoms with E-state index in [-0.39, 0.29) is 11.7 Å². The maximum atomic E-state index is 12.9. The molecule has 0 spiro atoms. The average molecular weight is 409 g/mol. The molecule has 3 rings (SSSR count).